The second kappa shape index (κ2) is 7.23. The number of anilines is 1. The molecule has 0 saturated carbocycles. The summed E-state index contributed by atoms with van der Waals surface area (Å²) >= 11 is 0. The third-order valence-electron chi connectivity index (χ3n) is 4.85. The Morgan fingerprint density at radius 1 is 1.07 bits per heavy atom. The molecule has 27 heavy (non-hydrogen) atoms. The molecule has 1 amide bonds. The van der Waals surface area contributed by atoms with Crippen LogP contribution in [0.1, 0.15) is 35.1 Å². The van der Waals surface area contributed by atoms with Crippen LogP contribution in [0.25, 0.3) is 0 Å². The number of hydrogen-bond acceptors (Lipinski definition) is 2. The minimum Gasteiger partial charge on any atom is -0.488 e. The van der Waals surface area contributed by atoms with E-state index in [-0.39, 0.29) is 17.6 Å². The topological polar surface area (TPSA) is 38.3 Å². The molecule has 1 aliphatic rings. The smallest absolute Gasteiger partial charge is 0.221 e. The van der Waals surface area contributed by atoms with Gasteiger partial charge in [0.1, 0.15) is 18.2 Å². The SMILES string of the molecule is CC(=O)Nc1cccc(CC2c3ccccc3COc3cc(F)ccc32)c1. The highest BCUT2D eigenvalue weighted by molar-refractivity contribution is 5.88. The van der Waals surface area contributed by atoms with Crippen LogP contribution in [0, 0.1) is 5.82 Å². The summed E-state index contributed by atoms with van der Waals surface area (Å²) in [6, 6.07) is 20.8. The molecule has 0 aromatic heterocycles. The van der Waals surface area contributed by atoms with Gasteiger partial charge in [0.2, 0.25) is 5.91 Å². The van der Waals surface area contributed by atoms with Crippen molar-refractivity contribution in [2.45, 2.75) is 25.9 Å². The monoisotopic (exact) mass is 361 g/mol. The Morgan fingerprint density at radius 2 is 1.93 bits per heavy atom. The van der Waals surface area contributed by atoms with Crippen molar-refractivity contribution in [2.24, 2.45) is 0 Å². The Bertz CT molecular complexity index is 999. The largest absolute Gasteiger partial charge is 0.488 e. The molecule has 3 aromatic carbocycles. The van der Waals surface area contributed by atoms with Crippen molar-refractivity contribution in [1.82, 2.24) is 0 Å². The lowest BCUT2D eigenvalue weighted by atomic mass is 9.84. The summed E-state index contributed by atoms with van der Waals surface area (Å²) in [6.07, 6.45) is 0.729. The predicted molar refractivity (Wildman–Crippen MR) is 103 cm³/mol. The summed E-state index contributed by atoms with van der Waals surface area (Å²) in [5.74, 6) is 0.244. The molecule has 0 aliphatic carbocycles. The van der Waals surface area contributed by atoms with E-state index in [9.17, 15) is 9.18 Å². The average Bonchev–Trinajstić information content (AvgIpc) is 2.79. The van der Waals surface area contributed by atoms with Crippen molar-refractivity contribution >= 4 is 11.6 Å². The molecule has 4 heteroatoms. The molecule has 0 bridgehead atoms. The van der Waals surface area contributed by atoms with Gasteiger partial charge in [-0.25, -0.2) is 4.39 Å². The number of benzene rings is 3. The van der Waals surface area contributed by atoms with Crippen molar-refractivity contribution in [3.05, 3.63) is 94.8 Å². The third kappa shape index (κ3) is 3.70. The first-order valence-electron chi connectivity index (χ1n) is 8.97. The second-order valence-corrected chi connectivity index (χ2v) is 6.81. The number of amides is 1. The quantitative estimate of drug-likeness (QED) is 0.709. The maximum absolute atomic E-state index is 13.8. The van der Waals surface area contributed by atoms with Gasteiger partial charge in [-0.3, -0.25) is 4.79 Å². The maximum atomic E-state index is 13.8. The molecule has 1 atom stereocenters. The Balaban J connectivity index is 1.76. The molecule has 0 spiro atoms. The van der Waals surface area contributed by atoms with E-state index in [2.05, 4.69) is 17.4 Å². The molecule has 0 fully saturated rings. The maximum Gasteiger partial charge on any atom is 0.221 e. The van der Waals surface area contributed by atoms with Crippen LogP contribution >= 0.6 is 0 Å². The van der Waals surface area contributed by atoms with Gasteiger partial charge in [0.05, 0.1) is 0 Å². The fourth-order valence-corrected chi connectivity index (χ4v) is 3.68. The van der Waals surface area contributed by atoms with Crippen LogP contribution in [0.2, 0.25) is 0 Å². The van der Waals surface area contributed by atoms with Crippen LogP contribution in [0.5, 0.6) is 5.75 Å². The summed E-state index contributed by atoms with van der Waals surface area (Å²) in [6.45, 7) is 1.92. The van der Waals surface area contributed by atoms with Gasteiger partial charge < -0.3 is 10.1 Å². The van der Waals surface area contributed by atoms with Gasteiger partial charge in [-0.2, -0.15) is 0 Å². The minimum atomic E-state index is -0.300. The van der Waals surface area contributed by atoms with E-state index in [1.807, 2.05) is 42.5 Å². The zero-order chi connectivity index (χ0) is 18.8. The lowest BCUT2D eigenvalue weighted by Crippen LogP contribution is -2.08. The number of fused-ring (bicyclic) bond motifs is 2. The predicted octanol–water partition coefficient (Wildman–Crippen LogP) is 5.05. The molecule has 0 radical (unpaired) electrons. The van der Waals surface area contributed by atoms with Crippen LogP contribution in [0.3, 0.4) is 0 Å². The summed E-state index contributed by atoms with van der Waals surface area (Å²) in [5, 5.41) is 2.83. The van der Waals surface area contributed by atoms with Gasteiger partial charge in [0, 0.05) is 30.2 Å². The third-order valence-corrected chi connectivity index (χ3v) is 4.85. The van der Waals surface area contributed by atoms with Gasteiger partial charge >= 0.3 is 0 Å². The van der Waals surface area contributed by atoms with Gasteiger partial charge in [-0.1, -0.05) is 42.5 Å². The molecular weight excluding hydrogens is 341 g/mol. The number of carbonyl (C=O) groups is 1. The molecule has 136 valence electrons. The van der Waals surface area contributed by atoms with Crippen molar-refractivity contribution < 1.29 is 13.9 Å². The van der Waals surface area contributed by atoms with Gasteiger partial charge in [0.15, 0.2) is 0 Å². The van der Waals surface area contributed by atoms with E-state index in [0.29, 0.717) is 12.4 Å². The molecule has 3 aromatic rings. The van der Waals surface area contributed by atoms with Crippen molar-refractivity contribution in [1.29, 1.82) is 0 Å². The Labute approximate surface area is 157 Å². The van der Waals surface area contributed by atoms with E-state index in [4.69, 9.17) is 4.74 Å². The Kier molecular flexibility index (Phi) is 4.63. The summed E-state index contributed by atoms with van der Waals surface area (Å²) in [5.41, 5.74) is 5.15. The van der Waals surface area contributed by atoms with E-state index in [1.165, 1.54) is 24.6 Å². The Morgan fingerprint density at radius 3 is 2.78 bits per heavy atom. The number of halogens is 1. The van der Waals surface area contributed by atoms with E-state index in [0.717, 1.165) is 28.8 Å². The van der Waals surface area contributed by atoms with E-state index in [1.54, 1.807) is 0 Å². The second-order valence-electron chi connectivity index (χ2n) is 6.81. The number of nitrogens with one attached hydrogen (secondary N) is 1. The molecule has 4 rings (SSSR count). The molecule has 1 N–H and O–H groups in total. The molecule has 3 nitrogen and oxygen atoms in total. The normalized spacial score (nSPS) is 15.1. The fraction of sp³-hybridized carbons (Fsp3) is 0.174. The zero-order valence-electron chi connectivity index (χ0n) is 15.0. The average molecular weight is 361 g/mol. The van der Waals surface area contributed by atoms with Crippen LogP contribution < -0.4 is 10.1 Å². The van der Waals surface area contributed by atoms with Crippen LogP contribution in [0.15, 0.2) is 66.7 Å². The van der Waals surface area contributed by atoms with E-state index < -0.39 is 0 Å². The molecule has 1 aliphatic heterocycles. The van der Waals surface area contributed by atoms with Crippen molar-refractivity contribution in [3.8, 4) is 5.75 Å². The number of ether oxygens (including phenoxy) is 1. The van der Waals surface area contributed by atoms with Gasteiger partial charge in [0.25, 0.3) is 0 Å². The number of rotatable bonds is 3. The first-order chi connectivity index (χ1) is 13.1. The highest BCUT2D eigenvalue weighted by atomic mass is 19.1. The first-order valence-corrected chi connectivity index (χ1v) is 8.97. The number of hydrogen-bond donors (Lipinski definition) is 1. The number of carbonyl (C=O) groups excluding carboxylic acids is 1. The standard InChI is InChI=1S/C23H20FNO2/c1-15(26)25-19-7-4-5-16(11-19)12-22-20-8-3-2-6-17(20)14-27-23-13-18(24)9-10-21(22)23/h2-11,13,22H,12,14H2,1H3,(H,25,26). The van der Waals surface area contributed by atoms with Crippen LogP contribution in [-0.2, 0) is 17.8 Å². The van der Waals surface area contributed by atoms with Crippen molar-refractivity contribution in [3.63, 3.8) is 0 Å². The van der Waals surface area contributed by atoms with Crippen LogP contribution in [0.4, 0.5) is 10.1 Å². The summed E-state index contributed by atoms with van der Waals surface area (Å²) < 4.78 is 19.7. The molecular formula is C23H20FNO2. The summed E-state index contributed by atoms with van der Waals surface area (Å²) in [7, 11) is 0. The summed E-state index contributed by atoms with van der Waals surface area (Å²) in [4.78, 5) is 11.4. The Hall–Kier alpha value is -3.14. The minimum absolute atomic E-state index is 0.0480. The van der Waals surface area contributed by atoms with Crippen molar-refractivity contribution in [2.75, 3.05) is 5.32 Å². The van der Waals surface area contributed by atoms with Crippen LogP contribution in [-0.4, -0.2) is 5.91 Å². The molecule has 0 saturated heterocycles. The lowest BCUT2D eigenvalue weighted by molar-refractivity contribution is -0.114. The van der Waals surface area contributed by atoms with Gasteiger partial charge in [-0.15, -0.1) is 0 Å². The first kappa shape index (κ1) is 17.3. The fourth-order valence-electron chi connectivity index (χ4n) is 3.68. The molecule has 1 unspecified atom stereocenters. The highest BCUT2D eigenvalue weighted by Gasteiger charge is 2.25. The van der Waals surface area contributed by atoms with E-state index >= 15 is 0 Å². The zero-order valence-corrected chi connectivity index (χ0v) is 15.0. The highest BCUT2D eigenvalue weighted by Crippen LogP contribution is 2.39. The lowest BCUT2D eigenvalue weighted by Gasteiger charge is -2.20. The molecule has 1 heterocycles. The van der Waals surface area contributed by atoms with Gasteiger partial charge in [-0.05, 0) is 41.3 Å².